The normalized spacial score (nSPS) is 22.4. The number of thioether (sulfide) groups is 1. The third kappa shape index (κ3) is 8.37. The van der Waals surface area contributed by atoms with E-state index >= 15 is 0 Å². The minimum absolute atomic E-state index is 0.00529. The van der Waals surface area contributed by atoms with Gasteiger partial charge in [0.1, 0.15) is 11.0 Å². The number of aliphatic hydroxyl groups is 1. The Morgan fingerprint density at radius 1 is 1.00 bits per heavy atom. The van der Waals surface area contributed by atoms with Crippen LogP contribution in [0.4, 0.5) is 13.2 Å². The summed E-state index contributed by atoms with van der Waals surface area (Å²) in [4.78, 5) is 25.3. The number of benzene rings is 3. The maximum atomic E-state index is 13.0. The highest BCUT2D eigenvalue weighted by atomic mass is 32.2. The number of rotatable bonds is 10. The summed E-state index contributed by atoms with van der Waals surface area (Å²) in [6.45, 7) is 3.97. The molecule has 1 aromatic heterocycles. The fraction of sp³-hybridized carbons (Fsp3) is 0.389. The summed E-state index contributed by atoms with van der Waals surface area (Å²) in [5.41, 5.74) is 5.13. The van der Waals surface area contributed by atoms with Crippen molar-refractivity contribution in [3.05, 3.63) is 100 Å². The molecule has 5 atom stereocenters. The van der Waals surface area contributed by atoms with Crippen LogP contribution in [0.15, 0.2) is 77.1 Å². The van der Waals surface area contributed by atoms with E-state index in [-0.39, 0.29) is 44.2 Å². The smallest absolute Gasteiger partial charge is 0.392 e. The summed E-state index contributed by atoms with van der Waals surface area (Å²) in [7, 11) is 0. The topological polar surface area (TPSA) is 114 Å². The highest BCUT2D eigenvalue weighted by molar-refractivity contribution is 8.01. The Labute approximate surface area is 296 Å². The summed E-state index contributed by atoms with van der Waals surface area (Å²) in [6.07, 6.45) is -5.64. The van der Waals surface area contributed by atoms with Crippen molar-refractivity contribution in [3.8, 4) is 11.1 Å². The number of aliphatic hydroxyl groups excluding tert-OH is 1. The summed E-state index contributed by atoms with van der Waals surface area (Å²) >= 11 is 3.14. The highest BCUT2D eigenvalue weighted by Crippen LogP contribution is 2.43. The molecule has 0 spiro atoms. The number of alkyl halides is 3. The van der Waals surface area contributed by atoms with Gasteiger partial charge < -0.3 is 24.8 Å². The van der Waals surface area contributed by atoms with Gasteiger partial charge in [-0.3, -0.25) is 9.59 Å². The zero-order valence-electron chi connectivity index (χ0n) is 27.4. The summed E-state index contributed by atoms with van der Waals surface area (Å²) in [5.74, 6) is -1.94. The number of hydrogen-bond acceptors (Lipinski definition) is 9. The molecule has 2 saturated heterocycles. The van der Waals surface area contributed by atoms with E-state index in [1.165, 1.54) is 0 Å². The molecule has 0 unspecified atom stereocenters. The van der Waals surface area contributed by atoms with Crippen LogP contribution in [0.25, 0.3) is 11.1 Å². The predicted octanol–water partition coefficient (Wildman–Crippen LogP) is 6.76. The van der Waals surface area contributed by atoms with Gasteiger partial charge in [-0.25, -0.2) is 0 Å². The Morgan fingerprint density at radius 3 is 2.44 bits per heavy atom. The Morgan fingerprint density at radius 2 is 1.74 bits per heavy atom. The maximum absolute atomic E-state index is 13.0. The zero-order valence-corrected chi connectivity index (χ0v) is 29.1. The first-order chi connectivity index (χ1) is 24.0. The van der Waals surface area contributed by atoms with Gasteiger partial charge in [-0.2, -0.15) is 13.2 Å². The predicted molar refractivity (Wildman–Crippen MR) is 183 cm³/mol. The Hall–Kier alpha value is -3.82. The van der Waals surface area contributed by atoms with Crippen LogP contribution < -0.4 is 5.32 Å². The lowest BCUT2D eigenvalue weighted by atomic mass is 9.91. The molecule has 50 heavy (non-hydrogen) atoms. The van der Waals surface area contributed by atoms with Crippen LogP contribution in [0.1, 0.15) is 59.4 Å². The van der Waals surface area contributed by atoms with E-state index in [9.17, 15) is 27.9 Å². The first-order valence-corrected chi connectivity index (χ1v) is 18.1. The lowest BCUT2D eigenvalue weighted by molar-refractivity contribution is -0.268. The highest BCUT2D eigenvalue weighted by Gasteiger charge is 2.47. The Balaban J connectivity index is 1.18. The first-order valence-electron chi connectivity index (χ1n) is 16.3. The largest absolute Gasteiger partial charge is 0.471 e. The van der Waals surface area contributed by atoms with Gasteiger partial charge in [-0.05, 0) is 59.7 Å². The van der Waals surface area contributed by atoms with Crippen LogP contribution in [0.2, 0.25) is 0 Å². The van der Waals surface area contributed by atoms with Gasteiger partial charge in [0.2, 0.25) is 5.91 Å². The van der Waals surface area contributed by atoms with Gasteiger partial charge in [-0.1, -0.05) is 90.7 Å². The molecule has 3 heterocycles. The van der Waals surface area contributed by atoms with E-state index in [0.717, 1.165) is 42.7 Å². The Bertz CT molecular complexity index is 1800. The number of ether oxygens (including phenoxy) is 2. The van der Waals surface area contributed by atoms with E-state index in [0.29, 0.717) is 17.1 Å². The minimum Gasteiger partial charge on any atom is -0.392 e. The maximum Gasteiger partial charge on any atom is 0.471 e. The molecule has 9 nitrogen and oxygen atoms in total. The molecular weight excluding hydrogens is 690 g/mol. The average Bonchev–Trinajstić information content (AvgIpc) is 3.79. The molecule has 4 aromatic rings. The standard InChI is InChI=1S/C36H37F3N4O5S2/c1-21-30(20-49-35-42-41-22(2)50-35)47-33(48-31(21)25-13-11-23(19-44)12-14-25)28-9-4-8-27(17-28)26-7-3-6-24(16-26)18-40-32(45)29-10-5-15-43(29)34(46)36(37,38)39/h3-4,6-9,11-14,16-17,21,29-31,33,44H,5,10,15,18-20H2,1-2H3,(H,40,45)/t21-,29+,30+,31+,33+/m1/s1. The van der Waals surface area contributed by atoms with Gasteiger partial charge in [0, 0.05) is 30.3 Å². The number of halogens is 3. The minimum atomic E-state index is -5.02. The van der Waals surface area contributed by atoms with E-state index in [1.54, 1.807) is 23.1 Å². The molecule has 2 fully saturated rings. The van der Waals surface area contributed by atoms with E-state index in [4.69, 9.17) is 9.47 Å². The molecule has 0 saturated carbocycles. The SMILES string of the molecule is Cc1nnc(SC[C@@H]2O[C@H](c3cccc(-c4cccc(CNC(=O)[C@@H]5CCCN5C(=O)C(F)(F)F)c4)c3)O[C@H](c3ccc(CO)cc3)[C@@H]2C)s1. The molecule has 6 rings (SSSR count). The molecular formula is C36H37F3N4O5S2. The summed E-state index contributed by atoms with van der Waals surface area (Å²) in [6, 6.07) is 22.0. The van der Waals surface area contributed by atoms with E-state index < -0.39 is 30.3 Å². The van der Waals surface area contributed by atoms with Crippen LogP contribution in [-0.4, -0.2) is 62.6 Å². The lowest BCUT2D eigenvalue weighted by Crippen LogP contribution is -2.50. The second-order valence-electron chi connectivity index (χ2n) is 12.4. The quantitative estimate of drug-likeness (QED) is 0.173. The first kappa shape index (κ1) is 36.0. The van der Waals surface area contributed by atoms with Gasteiger partial charge in [-0.15, -0.1) is 10.2 Å². The Kier molecular flexibility index (Phi) is 11.2. The number of carbonyl (C=O) groups is 2. The molecule has 0 bridgehead atoms. The molecule has 2 N–H and O–H groups in total. The van der Waals surface area contributed by atoms with Crippen LogP contribution in [0, 0.1) is 12.8 Å². The van der Waals surface area contributed by atoms with Gasteiger partial charge in [0.25, 0.3) is 0 Å². The number of amides is 2. The second-order valence-corrected chi connectivity index (χ2v) is 14.9. The number of hydrogen-bond donors (Lipinski definition) is 2. The van der Waals surface area contributed by atoms with E-state index in [2.05, 4.69) is 22.4 Å². The molecule has 3 aromatic carbocycles. The van der Waals surface area contributed by atoms with Crippen LogP contribution >= 0.6 is 23.1 Å². The number of carbonyl (C=O) groups excluding carboxylic acids is 2. The number of nitrogens with zero attached hydrogens (tertiary/aromatic N) is 3. The molecule has 2 aliphatic heterocycles. The van der Waals surface area contributed by atoms with Crippen molar-refractivity contribution in [2.75, 3.05) is 12.3 Å². The average molecular weight is 727 g/mol. The lowest BCUT2D eigenvalue weighted by Gasteiger charge is -2.41. The third-order valence-electron chi connectivity index (χ3n) is 8.95. The number of aromatic nitrogens is 2. The summed E-state index contributed by atoms with van der Waals surface area (Å²) < 4.78 is 53.3. The van der Waals surface area contributed by atoms with Crippen molar-refractivity contribution in [3.63, 3.8) is 0 Å². The monoisotopic (exact) mass is 726 g/mol. The molecule has 264 valence electrons. The summed E-state index contributed by atoms with van der Waals surface area (Å²) in [5, 5.41) is 21.6. The van der Waals surface area contributed by atoms with Gasteiger partial charge in [0.15, 0.2) is 10.6 Å². The molecule has 2 amide bonds. The van der Waals surface area contributed by atoms with Crippen molar-refractivity contribution in [2.24, 2.45) is 5.92 Å². The van der Waals surface area contributed by atoms with Crippen molar-refractivity contribution in [1.29, 1.82) is 0 Å². The fourth-order valence-electron chi connectivity index (χ4n) is 6.28. The number of likely N-dealkylation sites (tertiary alicyclic amines) is 1. The van der Waals surface area contributed by atoms with E-state index in [1.807, 2.05) is 79.7 Å². The van der Waals surface area contributed by atoms with Crippen molar-refractivity contribution in [2.45, 2.75) is 74.9 Å². The number of nitrogens with one attached hydrogen (secondary N) is 1. The van der Waals surface area contributed by atoms with Crippen molar-refractivity contribution >= 4 is 34.9 Å². The number of aryl methyl sites for hydroxylation is 1. The third-order valence-corrected chi connectivity index (χ3v) is 11.0. The van der Waals surface area contributed by atoms with Crippen molar-refractivity contribution in [1.82, 2.24) is 20.4 Å². The van der Waals surface area contributed by atoms with Crippen LogP contribution in [0.5, 0.6) is 0 Å². The van der Waals surface area contributed by atoms with Gasteiger partial charge in [0.05, 0.1) is 18.8 Å². The zero-order chi connectivity index (χ0) is 35.4. The van der Waals surface area contributed by atoms with Crippen LogP contribution in [0.3, 0.4) is 0 Å². The second kappa shape index (κ2) is 15.6. The molecule has 0 aliphatic carbocycles. The molecule has 2 aliphatic rings. The van der Waals surface area contributed by atoms with Crippen molar-refractivity contribution < 1.29 is 37.3 Å². The van der Waals surface area contributed by atoms with Gasteiger partial charge >= 0.3 is 12.1 Å². The molecule has 14 heteroatoms. The van der Waals surface area contributed by atoms with Crippen LogP contribution in [-0.2, 0) is 32.2 Å². The fourth-order valence-corrected chi connectivity index (χ4v) is 8.28. The molecule has 0 radical (unpaired) electrons.